The largest absolute Gasteiger partial charge is 0.376 e. The standard InChI is InChI=1S/C14H19BrN2O2/c1-3-19-12-7-11(16)13(12)17-14(18)9-4-5-10(15)8(2)6-9/h4-6,11-13H,3,7,16H2,1-2H3,(H,17,18). The predicted octanol–water partition coefficient (Wildman–Crippen LogP) is 1.99. The topological polar surface area (TPSA) is 64.3 Å². The fourth-order valence-electron chi connectivity index (χ4n) is 2.25. The zero-order valence-corrected chi connectivity index (χ0v) is 12.7. The summed E-state index contributed by atoms with van der Waals surface area (Å²) in [7, 11) is 0. The molecule has 1 aromatic carbocycles. The highest BCUT2D eigenvalue weighted by Crippen LogP contribution is 2.23. The molecule has 3 N–H and O–H groups in total. The zero-order chi connectivity index (χ0) is 14.0. The summed E-state index contributed by atoms with van der Waals surface area (Å²) in [5, 5.41) is 2.96. The third-order valence-corrected chi connectivity index (χ3v) is 4.35. The summed E-state index contributed by atoms with van der Waals surface area (Å²) in [5.41, 5.74) is 7.60. The molecule has 0 aliphatic heterocycles. The zero-order valence-electron chi connectivity index (χ0n) is 11.2. The first-order chi connectivity index (χ1) is 9.02. The lowest BCUT2D eigenvalue weighted by Gasteiger charge is -2.42. The van der Waals surface area contributed by atoms with Gasteiger partial charge in [-0.3, -0.25) is 4.79 Å². The number of rotatable bonds is 4. The van der Waals surface area contributed by atoms with Crippen molar-refractivity contribution in [3.63, 3.8) is 0 Å². The van der Waals surface area contributed by atoms with Crippen molar-refractivity contribution in [2.75, 3.05) is 6.61 Å². The minimum Gasteiger partial charge on any atom is -0.376 e. The summed E-state index contributed by atoms with van der Waals surface area (Å²) in [5.74, 6) is -0.0968. The molecule has 19 heavy (non-hydrogen) atoms. The number of hydrogen-bond donors (Lipinski definition) is 2. The number of hydrogen-bond acceptors (Lipinski definition) is 3. The maximum absolute atomic E-state index is 12.2. The van der Waals surface area contributed by atoms with Crippen LogP contribution in [0.1, 0.15) is 29.3 Å². The Morgan fingerprint density at radius 1 is 1.58 bits per heavy atom. The van der Waals surface area contributed by atoms with Gasteiger partial charge in [-0.25, -0.2) is 0 Å². The molecule has 1 amide bonds. The van der Waals surface area contributed by atoms with E-state index < -0.39 is 0 Å². The molecule has 1 aliphatic carbocycles. The van der Waals surface area contributed by atoms with E-state index in [4.69, 9.17) is 10.5 Å². The first kappa shape index (κ1) is 14.5. The molecule has 0 bridgehead atoms. The van der Waals surface area contributed by atoms with Crippen molar-refractivity contribution in [1.82, 2.24) is 5.32 Å². The van der Waals surface area contributed by atoms with Gasteiger partial charge in [-0.05, 0) is 44.0 Å². The van der Waals surface area contributed by atoms with E-state index >= 15 is 0 Å². The quantitative estimate of drug-likeness (QED) is 0.889. The van der Waals surface area contributed by atoms with Crippen molar-refractivity contribution in [3.05, 3.63) is 33.8 Å². The van der Waals surface area contributed by atoms with Gasteiger partial charge in [-0.2, -0.15) is 0 Å². The van der Waals surface area contributed by atoms with Gasteiger partial charge in [0.05, 0.1) is 12.1 Å². The molecule has 3 atom stereocenters. The second-order valence-corrected chi connectivity index (χ2v) is 5.71. The van der Waals surface area contributed by atoms with Crippen LogP contribution in [0.15, 0.2) is 22.7 Å². The summed E-state index contributed by atoms with van der Waals surface area (Å²) in [6.45, 7) is 4.54. The van der Waals surface area contributed by atoms with E-state index in [1.165, 1.54) is 0 Å². The van der Waals surface area contributed by atoms with Crippen LogP contribution in [-0.4, -0.2) is 30.7 Å². The third-order valence-electron chi connectivity index (χ3n) is 3.46. The van der Waals surface area contributed by atoms with Crippen LogP contribution in [0.25, 0.3) is 0 Å². The Bertz CT molecular complexity index is 477. The number of carbonyl (C=O) groups is 1. The van der Waals surface area contributed by atoms with E-state index in [0.717, 1.165) is 16.5 Å². The predicted molar refractivity (Wildman–Crippen MR) is 78.1 cm³/mol. The normalized spacial score (nSPS) is 25.8. The smallest absolute Gasteiger partial charge is 0.251 e. The lowest BCUT2D eigenvalue weighted by atomic mass is 9.83. The first-order valence-corrected chi connectivity index (χ1v) is 7.26. The van der Waals surface area contributed by atoms with Crippen molar-refractivity contribution >= 4 is 21.8 Å². The van der Waals surface area contributed by atoms with Gasteiger partial charge < -0.3 is 15.8 Å². The summed E-state index contributed by atoms with van der Waals surface area (Å²) < 4.78 is 6.54. The lowest BCUT2D eigenvalue weighted by Crippen LogP contribution is -2.64. The van der Waals surface area contributed by atoms with E-state index in [1.54, 1.807) is 6.07 Å². The monoisotopic (exact) mass is 326 g/mol. The molecule has 5 heteroatoms. The number of nitrogens with one attached hydrogen (secondary N) is 1. The fourth-order valence-corrected chi connectivity index (χ4v) is 2.49. The van der Waals surface area contributed by atoms with Crippen molar-refractivity contribution in [2.24, 2.45) is 5.73 Å². The molecule has 1 aliphatic rings. The molecule has 3 unspecified atom stereocenters. The molecule has 0 spiro atoms. The van der Waals surface area contributed by atoms with Gasteiger partial charge >= 0.3 is 0 Å². The maximum atomic E-state index is 12.2. The van der Waals surface area contributed by atoms with E-state index in [-0.39, 0.29) is 24.1 Å². The second kappa shape index (κ2) is 6.03. The number of benzene rings is 1. The van der Waals surface area contributed by atoms with E-state index in [1.807, 2.05) is 26.0 Å². The Kier molecular flexibility index (Phi) is 4.60. The molecule has 104 valence electrons. The van der Waals surface area contributed by atoms with Gasteiger partial charge in [0.2, 0.25) is 0 Å². The molecule has 1 fully saturated rings. The molecule has 1 saturated carbocycles. The Hall–Kier alpha value is -0.910. The molecule has 4 nitrogen and oxygen atoms in total. The number of halogens is 1. The van der Waals surface area contributed by atoms with Gasteiger partial charge in [-0.1, -0.05) is 15.9 Å². The van der Waals surface area contributed by atoms with Crippen LogP contribution in [0.3, 0.4) is 0 Å². The molecular weight excluding hydrogens is 308 g/mol. The third kappa shape index (κ3) is 3.16. The minimum absolute atomic E-state index is 0.0166. The van der Waals surface area contributed by atoms with E-state index in [9.17, 15) is 4.79 Å². The fraction of sp³-hybridized carbons (Fsp3) is 0.500. The average Bonchev–Trinajstić information content (AvgIpc) is 2.38. The Labute approximate surface area is 121 Å². The van der Waals surface area contributed by atoms with Crippen LogP contribution in [0, 0.1) is 6.92 Å². The molecule has 0 heterocycles. The van der Waals surface area contributed by atoms with Crippen molar-refractivity contribution < 1.29 is 9.53 Å². The van der Waals surface area contributed by atoms with Crippen LogP contribution in [0.5, 0.6) is 0 Å². The molecule has 1 aromatic rings. The first-order valence-electron chi connectivity index (χ1n) is 6.47. The van der Waals surface area contributed by atoms with Crippen LogP contribution in [0.4, 0.5) is 0 Å². The molecule has 0 aromatic heterocycles. The highest BCUT2D eigenvalue weighted by molar-refractivity contribution is 9.10. The molecule has 0 saturated heterocycles. The van der Waals surface area contributed by atoms with Crippen LogP contribution in [0.2, 0.25) is 0 Å². The van der Waals surface area contributed by atoms with Crippen LogP contribution in [-0.2, 0) is 4.74 Å². The van der Waals surface area contributed by atoms with Gasteiger partial charge in [-0.15, -0.1) is 0 Å². The van der Waals surface area contributed by atoms with Crippen LogP contribution < -0.4 is 11.1 Å². The van der Waals surface area contributed by atoms with E-state index in [2.05, 4.69) is 21.2 Å². The summed E-state index contributed by atoms with van der Waals surface area (Å²) >= 11 is 3.42. The highest BCUT2D eigenvalue weighted by atomic mass is 79.9. The van der Waals surface area contributed by atoms with Crippen molar-refractivity contribution in [3.8, 4) is 0 Å². The Morgan fingerprint density at radius 2 is 2.32 bits per heavy atom. The van der Waals surface area contributed by atoms with Crippen molar-refractivity contribution in [1.29, 1.82) is 0 Å². The summed E-state index contributed by atoms with van der Waals surface area (Å²) in [6, 6.07) is 5.43. The number of ether oxygens (including phenoxy) is 1. The van der Waals surface area contributed by atoms with Gasteiger partial charge in [0, 0.05) is 22.7 Å². The number of carbonyl (C=O) groups excluding carboxylic acids is 1. The van der Waals surface area contributed by atoms with Crippen LogP contribution >= 0.6 is 15.9 Å². The maximum Gasteiger partial charge on any atom is 0.251 e. The summed E-state index contributed by atoms with van der Waals surface area (Å²) in [4.78, 5) is 12.2. The van der Waals surface area contributed by atoms with E-state index in [0.29, 0.717) is 12.2 Å². The lowest BCUT2D eigenvalue weighted by molar-refractivity contribution is -0.0300. The summed E-state index contributed by atoms with van der Waals surface area (Å²) in [6.07, 6.45) is 0.846. The average molecular weight is 327 g/mol. The molecular formula is C14H19BrN2O2. The van der Waals surface area contributed by atoms with Crippen molar-refractivity contribution in [2.45, 2.75) is 38.5 Å². The molecule has 0 radical (unpaired) electrons. The van der Waals surface area contributed by atoms with Gasteiger partial charge in [0.25, 0.3) is 5.91 Å². The minimum atomic E-state index is -0.0968. The Balaban J connectivity index is 2.02. The second-order valence-electron chi connectivity index (χ2n) is 4.86. The number of nitrogens with two attached hydrogens (primary N) is 1. The molecule has 2 rings (SSSR count). The number of amides is 1. The number of aryl methyl sites for hydroxylation is 1. The highest BCUT2D eigenvalue weighted by Gasteiger charge is 2.40. The Morgan fingerprint density at radius 3 is 2.89 bits per heavy atom. The SMILES string of the molecule is CCOC1CC(N)C1NC(=O)c1ccc(Br)c(C)c1. The van der Waals surface area contributed by atoms with Gasteiger partial charge in [0.15, 0.2) is 0 Å². The van der Waals surface area contributed by atoms with Gasteiger partial charge in [0.1, 0.15) is 0 Å².